The molecule has 0 saturated carbocycles. The number of benzene rings is 3. The first-order valence-electron chi connectivity index (χ1n) is 14.2. The third kappa shape index (κ3) is 14.1. The molecular formula is C38H51N4+. The zero-order valence-corrected chi connectivity index (χ0v) is 27.3. The molecule has 0 aromatic heterocycles. The Bertz CT molecular complexity index is 1380. The highest BCUT2D eigenvalue weighted by molar-refractivity contribution is 5.78. The van der Waals surface area contributed by atoms with Crippen molar-refractivity contribution in [1.82, 2.24) is 5.32 Å². The highest BCUT2D eigenvalue weighted by Crippen LogP contribution is 2.20. The molecule has 2 N–H and O–H groups in total. The van der Waals surface area contributed by atoms with Crippen molar-refractivity contribution in [2.24, 2.45) is 4.99 Å². The van der Waals surface area contributed by atoms with Gasteiger partial charge >= 0.3 is 0 Å². The maximum Gasteiger partial charge on any atom is 0.235 e. The number of aliphatic imine (C=N–C) groups is 1. The highest BCUT2D eigenvalue weighted by Gasteiger charge is 2.08. The number of nitrogens with zero attached hydrogens (tertiary/aromatic N) is 2. The van der Waals surface area contributed by atoms with E-state index in [-0.39, 0.29) is 0 Å². The van der Waals surface area contributed by atoms with E-state index in [0.29, 0.717) is 0 Å². The molecule has 3 aromatic rings. The normalized spacial score (nSPS) is 10.0. The minimum atomic E-state index is 0.737. The lowest BCUT2D eigenvalue weighted by Crippen LogP contribution is -2.13. The third-order valence-corrected chi connectivity index (χ3v) is 6.07. The fourth-order valence-electron chi connectivity index (χ4n) is 3.65. The van der Waals surface area contributed by atoms with Crippen LogP contribution in [0.5, 0.6) is 0 Å². The number of hydrogen-bond acceptors (Lipinski definition) is 3. The molecule has 0 saturated heterocycles. The average molecular weight is 564 g/mol. The molecule has 0 unspecified atom stereocenters. The molecule has 0 heterocycles. The van der Waals surface area contributed by atoms with Crippen LogP contribution in [0.1, 0.15) is 63.8 Å². The van der Waals surface area contributed by atoms with Crippen molar-refractivity contribution < 1.29 is 4.68 Å². The van der Waals surface area contributed by atoms with Crippen molar-refractivity contribution in [2.45, 2.75) is 61.9 Å². The van der Waals surface area contributed by atoms with Crippen LogP contribution >= 0.6 is 0 Å². The Hall–Kier alpha value is -4.62. The second kappa shape index (κ2) is 21.2. The number of nitrogens with one attached hydrogen (secondary N) is 2. The van der Waals surface area contributed by atoms with Gasteiger partial charge in [0.2, 0.25) is 5.69 Å². The van der Waals surface area contributed by atoms with Crippen LogP contribution in [0.2, 0.25) is 0 Å². The van der Waals surface area contributed by atoms with E-state index < -0.39 is 0 Å². The van der Waals surface area contributed by atoms with Gasteiger partial charge in [-0.2, -0.15) is 5.43 Å². The lowest BCUT2D eigenvalue weighted by atomic mass is 10.0. The molecular weight excluding hydrogens is 512 g/mol. The second-order valence-electron chi connectivity index (χ2n) is 9.67. The standard InChI is InChI=1S/C27H30N3.C7H13N.C2H6.C2H2/c1-20-10-8-14-26(16-20)30(5)29-25-13-9-12-24(18-25)19-28-23(4)17-22(3)27-15-7-6-11-21(27)2;1-6(2)7(3)5-8-4;2*1-2/h6-18,28-29H,3,5,19H2,1-2,4H3;5H,1-4H3;1-2H3;1-2H/q+1;;;/b23-17+;;;. The zero-order valence-electron chi connectivity index (χ0n) is 27.3. The number of hydrazone groups is 1. The quantitative estimate of drug-likeness (QED) is 0.0894. The Morgan fingerprint density at radius 1 is 0.905 bits per heavy atom. The first-order chi connectivity index (χ1) is 20.1. The Balaban J connectivity index is 0.00000120. The first-order valence-corrected chi connectivity index (χ1v) is 14.2. The van der Waals surface area contributed by atoms with E-state index in [4.69, 9.17) is 0 Å². The summed E-state index contributed by atoms with van der Waals surface area (Å²) >= 11 is 0. The van der Waals surface area contributed by atoms with Crippen LogP contribution in [0.3, 0.4) is 0 Å². The van der Waals surface area contributed by atoms with Gasteiger partial charge < -0.3 is 5.32 Å². The van der Waals surface area contributed by atoms with Gasteiger partial charge in [-0.05, 0) is 93.2 Å². The van der Waals surface area contributed by atoms with Gasteiger partial charge in [-0.3, -0.25) is 4.99 Å². The van der Waals surface area contributed by atoms with E-state index >= 15 is 0 Å². The van der Waals surface area contributed by atoms with E-state index in [0.717, 1.165) is 29.2 Å². The van der Waals surface area contributed by atoms with E-state index in [2.05, 4.69) is 132 Å². The molecule has 4 heteroatoms. The van der Waals surface area contributed by atoms with Gasteiger partial charge in [-0.25, -0.2) is 0 Å². The molecule has 0 fully saturated rings. The Morgan fingerprint density at radius 2 is 1.55 bits per heavy atom. The second-order valence-corrected chi connectivity index (χ2v) is 9.67. The van der Waals surface area contributed by atoms with Crippen molar-refractivity contribution in [2.75, 3.05) is 12.5 Å². The maximum atomic E-state index is 4.22. The molecule has 0 aliphatic heterocycles. The summed E-state index contributed by atoms with van der Waals surface area (Å²) in [6.07, 6.45) is 12.0. The van der Waals surface area contributed by atoms with Gasteiger partial charge in [0.15, 0.2) is 6.72 Å². The molecule has 0 amide bonds. The van der Waals surface area contributed by atoms with Crippen LogP contribution in [-0.2, 0) is 6.54 Å². The van der Waals surface area contributed by atoms with Gasteiger partial charge in [0.05, 0.1) is 5.69 Å². The molecule has 0 atom stereocenters. The van der Waals surface area contributed by atoms with Crippen LogP contribution in [0.4, 0.5) is 11.4 Å². The SMILES string of the molecule is C#C.C=C(/C=C(\C)NCc1cccc(N[N+](=C)c2cccc(C)c2)c1)c1ccccc1C.CC.CN=CC(C)=C(C)C. The van der Waals surface area contributed by atoms with Gasteiger partial charge in [-0.15, -0.1) is 12.8 Å². The number of hydrogen-bond donors (Lipinski definition) is 2. The van der Waals surface area contributed by atoms with Gasteiger partial charge in [0, 0.05) is 37.6 Å². The van der Waals surface area contributed by atoms with E-state index in [9.17, 15) is 0 Å². The zero-order chi connectivity index (χ0) is 32.1. The van der Waals surface area contributed by atoms with E-state index in [1.807, 2.05) is 50.4 Å². The fourth-order valence-corrected chi connectivity index (χ4v) is 3.65. The van der Waals surface area contributed by atoms with Gasteiger partial charge in [0.25, 0.3) is 0 Å². The molecule has 0 aliphatic rings. The first kappa shape index (κ1) is 37.4. The predicted molar refractivity (Wildman–Crippen MR) is 189 cm³/mol. The molecule has 0 bridgehead atoms. The van der Waals surface area contributed by atoms with Crippen molar-refractivity contribution >= 4 is 29.9 Å². The van der Waals surface area contributed by atoms with Crippen molar-refractivity contribution in [3.8, 4) is 12.8 Å². The summed E-state index contributed by atoms with van der Waals surface area (Å²) in [5, 5.41) is 3.48. The number of terminal acetylenes is 1. The van der Waals surface area contributed by atoms with E-state index in [1.54, 1.807) is 11.7 Å². The van der Waals surface area contributed by atoms with Crippen LogP contribution in [-0.4, -0.2) is 24.7 Å². The number of aryl methyl sites for hydroxylation is 2. The third-order valence-electron chi connectivity index (χ3n) is 6.07. The fraction of sp³-hybridized carbons (Fsp3) is 0.263. The molecule has 42 heavy (non-hydrogen) atoms. The topological polar surface area (TPSA) is 39.4 Å². The van der Waals surface area contributed by atoms with E-state index in [1.165, 1.54) is 33.4 Å². The monoisotopic (exact) mass is 563 g/mol. The van der Waals surface area contributed by atoms with Crippen molar-refractivity contribution in [1.29, 1.82) is 0 Å². The summed E-state index contributed by atoms with van der Waals surface area (Å²) < 4.78 is 1.79. The number of hydrazine groups is 1. The number of anilines is 1. The van der Waals surface area contributed by atoms with Crippen LogP contribution in [0.15, 0.2) is 107 Å². The molecule has 4 nitrogen and oxygen atoms in total. The molecule has 3 aromatic carbocycles. The molecule has 0 aliphatic carbocycles. The molecule has 222 valence electrons. The molecule has 0 spiro atoms. The van der Waals surface area contributed by atoms with Crippen molar-refractivity contribution in [3.05, 3.63) is 125 Å². The Morgan fingerprint density at radius 3 is 2.12 bits per heavy atom. The number of rotatable bonds is 9. The molecule has 0 radical (unpaired) electrons. The largest absolute Gasteiger partial charge is 0.384 e. The summed E-state index contributed by atoms with van der Waals surface area (Å²) in [7, 11) is 1.78. The summed E-state index contributed by atoms with van der Waals surface area (Å²) in [6, 6.07) is 24.9. The van der Waals surface area contributed by atoms with Crippen LogP contribution < -0.4 is 10.7 Å². The van der Waals surface area contributed by atoms with Gasteiger partial charge in [0.1, 0.15) is 0 Å². The van der Waals surface area contributed by atoms with Crippen molar-refractivity contribution in [3.63, 3.8) is 0 Å². The summed E-state index contributed by atoms with van der Waals surface area (Å²) in [6.45, 7) is 25.5. The summed E-state index contributed by atoms with van der Waals surface area (Å²) in [5.74, 6) is 0. The average Bonchev–Trinajstić information content (AvgIpc) is 2.99. The van der Waals surface area contributed by atoms with Crippen LogP contribution in [0, 0.1) is 26.7 Å². The highest BCUT2D eigenvalue weighted by atomic mass is 15.4. The maximum absolute atomic E-state index is 4.22. The summed E-state index contributed by atoms with van der Waals surface area (Å²) in [4.78, 5) is 3.87. The Labute approximate surface area is 256 Å². The predicted octanol–water partition coefficient (Wildman–Crippen LogP) is 9.70. The lowest BCUT2D eigenvalue weighted by Gasteiger charge is -2.11. The van der Waals surface area contributed by atoms with Gasteiger partial charge in [-0.1, -0.05) is 79.2 Å². The lowest BCUT2D eigenvalue weighted by molar-refractivity contribution is -0.394. The smallest absolute Gasteiger partial charge is 0.235 e. The minimum absolute atomic E-state index is 0.737. The summed E-state index contributed by atoms with van der Waals surface area (Å²) in [5.41, 5.74) is 14.8. The molecule has 3 rings (SSSR count). The Kier molecular flexibility index (Phi) is 18.8. The number of allylic oxidation sites excluding steroid dienone is 5. The van der Waals surface area contributed by atoms with Crippen LogP contribution in [0.25, 0.3) is 5.57 Å². The minimum Gasteiger partial charge on any atom is -0.384 e.